The van der Waals surface area contributed by atoms with E-state index in [0.29, 0.717) is 0 Å². The lowest BCUT2D eigenvalue weighted by molar-refractivity contribution is -0.115. The lowest BCUT2D eigenvalue weighted by Crippen LogP contribution is -2.51. The van der Waals surface area contributed by atoms with Gasteiger partial charge in [-0.1, -0.05) is 12.8 Å². The molecule has 4 nitrogen and oxygen atoms in total. The van der Waals surface area contributed by atoms with E-state index in [9.17, 15) is 0 Å². The maximum Gasteiger partial charge on any atom is 0.119 e. The maximum atomic E-state index is 6.07. The maximum absolute atomic E-state index is 6.07. The van der Waals surface area contributed by atoms with E-state index in [4.69, 9.17) is 4.74 Å². The first kappa shape index (κ1) is 12.2. The molecule has 4 heteroatoms. The zero-order valence-electron chi connectivity index (χ0n) is 11.4. The molecule has 1 aliphatic carbocycles. The number of hydrogen-bond acceptors (Lipinski definition) is 3. The van der Waals surface area contributed by atoms with Crippen LogP contribution in [0.15, 0.2) is 6.20 Å². The third-order valence-corrected chi connectivity index (χ3v) is 4.50. The minimum Gasteiger partial charge on any atom is -0.366 e. The highest BCUT2D eigenvalue weighted by molar-refractivity contribution is 5.22. The molecule has 2 fully saturated rings. The molecule has 2 aliphatic rings. The van der Waals surface area contributed by atoms with Crippen LogP contribution in [0.25, 0.3) is 0 Å². The van der Waals surface area contributed by atoms with E-state index in [1.165, 1.54) is 31.2 Å². The number of aryl methyl sites for hydroxylation is 1. The zero-order chi connectivity index (χ0) is 12.6. The zero-order valence-corrected chi connectivity index (χ0v) is 11.4. The van der Waals surface area contributed by atoms with Crippen molar-refractivity contribution in [2.24, 2.45) is 0 Å². The fourth-order valence-electron chi connectivity index (χ4n) is 3.51. The Kier molecular flexibility index (Phi) is 3.16. The molecule has 2 heterocycles. The molecule has 0 aromatic carbocycles. The summed E-state index contributed by atoms with van der Waals surface area (Å²) in [5, 5.41) is 7.27. The monoisotopic (exact) mass is 249 g/mol. The molecular formula is C14H23N3O. The predicted octanol–water partition coefficient (Wildman–Crippen LogP) is 2.21. The molecule has 1 aromatic heterocycles. The van der Waals surface area contributed by atoms with Crippen LogP contribution in [-0.2, 0) is 10.3 Å². The molecular weight excluding hydrogens is 226 g/mol. The second-order valence-electron chi connectivity index (χ2n) is 5.92. The number of rotatable bonds is 2. The first-order chi connectivity index (χ1) is 8.69. The molecule has 0 unspecified atom stereocenters. The van der Waals surface area contributed by atoms with Crippen molar-refractivity contribution in [3.63, 3.8) is 0 Å². The molecule has 1 aromatic rings. The third-order valence-electron chi connectivity index (χ3n) is 4.50. The molecule has 0 radical (unpaired) electrons. The molecule has 1 N–H and O–H groups in total. The van der Waals surface area contributed by atoms with E-state index in [1.807, 2.05) is 6.20 Å². The largest absolute Gasteiger partial charge is 0.366 e. The molecule has 1 saturated heterocycles. The van der Waals surface area contributed by atoms with Crippen LogP contribution in [0.4, 0.5) is 0 Å². The van der Waals surface area contributed by atoms with Gasteiger partial charge in [-0.3, -0.25) is 10.00 Å². The second kappa shape index (κ2) is 4.67. The van der Waals surface area contributed by atoms with Crippen molar-refractivity contribution in [3.05, 3.63) is 17.5 Å². The Balaban J connectivity index is 1.78. The van der Waals surface area contributed by atoms with Crippen LogP contribution in [0, 0.1) is 6.92 Å². The van der Waals surface area contributed by atoms with Crippen LogP contribution >= 0.6 is 0 Å². The number of H-pyrrole nitrogens is 1. The highest BCUT2D eigenvalue weighted by Gasteiger charge is 2.38. The third kappa shape index (κ3) is 2.08. The average molecular weight is 249 g/mol. The van der Waals surface area contributed by atoms with Crippen LogP contribution in [0.5, 0.6) is 0 Å². The summed E-state index contributed by atoms with van der Waals surface area (Å²) in [5.74, 6) is 0. The Morgan fingerprint density at radius 1 is 1.44 bits per heavy atom. The molecule has 0 bridgehead atoms. The van der Waals surface area contributed by atoms with E-state index in [0.717, 1.165) is 31.4 Å². The normalized spacial score (nSPS) is 31.0. The lowest BCUT2D eigenvalue weighted by atomic mass is 9.96. The fraction of sp³-hybridized carbons (Fsp3) is 0.786. The van der Waals surface area contributed by atoms with Crippen molar-refractivity contribution in [1.82, 2.24) is 15.1 Å². The van der Waals surface area contributed by atoms with E-state index in [-0.39, 0.29) is 5.60 Å². The molecule has 1 atom stereocenters. The molecule has 0 amide bonds. The van der Waals surface area contributed by atoms with E-state index >= 15 is 0 Å². The van der Waals surface area contributed by atoms with Gasteiger partial charge in [0, 0.05) is 19.1 Å². The number of nitrogens with zero attached hydrogens (tertiary/aromatic N) is 2. The van der Waals surface area contributed by atoms with Crippen LogP contribution in [-0.4, -0.2) is 40.8 Å². The van der Waals surface area contributed by atoms with E-state index in [2.05, 4.69) is 28.9 Å². The molecule has 18 heavy (non-hydrogen) atoms. The van der Waals surface area contributed by atoms with Crippen LogP contribution in [0.1, 0.15) is 43.9 Å². The van der Waals surface area contributed by atoms with Gasteiger partial charge in [-0.05, 0) is 32.3 Å². The number of hydrogen-bond donors (Lipinski definition) is 1. The van der Waals surface area contributed by atoms with Gasteiger partial charge < -0.3 is 4.74 Å². The SMILES string of the molecule is Cc1cn[nH]c1[C@@]1(C)CN(C2CCCC2)CCO1. The Bertz CT molecular complexity index is 411. The van der Waals surface area contributed by atoms with Gasteiger partial charge in [0.1, 0.15) is 5.60 Å². The predicted molar refractivity (Wildman–Crippen MR) is 70.5 cm³/mol. The fourth-order valence-corrected chi connectivity index (χ4v) is 3.51. The van der Waals surface area contributed by atoms with Crippen molar-refractivity contribution < 1.29 is 4.74 Å². The van der Waals surface area contributed by atoms with Gasteiger partial charge in [0.05, 0.1) is 18.5 Å². The minimum atomic E-state index is -0.221. The van der Waals surface area contributed by atoms with Crippen molar-refractivity contribution >= 4 is 0 Å². The summed E-state index contributed by atoms with van der Waals surface area (Å²) in [5.41, 5.74) is 2.12. The molecule has 1 aliphatic heterocycles. The van der Waals surface area contributed by atoms with Crippen LogP contribution < -0.4 is 0 Å². The Morgan fingerprint density at radius 2 is 2.22 bits per heavy atom. The average Bonchev–Trinajstić information content (AvgIpc) is 2.99. The second-order valence-corrected chi connectivity index (χ2v) is 5.92. The summed E-state index contributed by atoms with van der Waals surface area (Å²) < 4.78 is 6.07. The van der Waals surface area contributed by atoms with Crippen molar-refractivity contribution in [1.29, 1.82) is 0 Å². The molecule has 1 saturated carbocycles. The Labute approximate surface area is 109 Å². The van der Waals surface area contributed by atoms with Gasteiger partial charge in [0.25, 0.3) is 0 Å². The Hall–Kier alpha value is -0.870. The summed E-state index contributed by atoms with van der Waals surface area (Å²) in [6.07, 6.45) is 7.39. The van der Waals surface area contributed by atoms with E-state index < -0.39 is 0 Å². The minimum absolute atomic E-state index is 0.221. The van der Waals surface area contributed by atoms with Gasteiger partial charge in [-0.25, -0.2) is 0 Å². The standard InChI is InChI=1S/C14H23N3O/c1-11-9-15-16-13(11)14(2)10-17(7-8-18-14)12-5-3-4-6-12/h9,12H,3-8,10H2,1-2H3,(H,15,16)/t14-/m1/s1. The van der Waals surface area contributed by atoms with Gasteiger partial charge in [-0.2, -0.15) is 5.10 Å². The number of morpholine rings is 1. The number of aromatic nitrogens is 2. The number of aromatic amines is 1. The summed E-state index contributed by atoms with van der Waals surface area (Å²) in [6.45, 7) is 7.18. The first-order valence-electron chi connectivity index (χ1n) is 7.07. The van der Waals surface area contributed by atoms with Gasteiger partial charge in [0.2, 0.25) is 0 Å². The van der Waals surface area contributed by atoms with Crippen LogP contribution in [0.3, 0.4) is 0 Å². The summed E-state index contributed by atoms with van der Waals surface area (Å²) in [6, 6.07) is 0.774. The van der Waals surface area contributed by atoms with Crippen molar-refractivity contribution in [2.45, 2.75) is 51.2 Å². The quantitative estimate of drug-likeness (QED) is 0.873. The highest BCUT2D eigenvalue weighted by Crippen LogP contribution is 2.33. The van der Waals surface area contributed by atoms with Gasteiger partial charge in [-0.15, -0.1) is 0 Å². The van der Waals surface area contributed by atoms with Crippen LogP contribution in [0.2, 0.25) is 0 Å². The Morgan fingerprint density at radius 3 is 2.89 bits per heavy atom. The number of nitrogens with one attached hydrogen (secondary N) is 1. The summed E-state index contributed by atoms with van der Waals surface area (Å²) in [4.78, 5) is 2.62. The van der Waals surface area contributed by atoms with Gasteiger partial charge in [0.15, 0.2) is 0 Å². The smallest absolute Gasteiger partial charge is 0.119 e. The summed E-state index contributed by atoms with van der Waals surface area (Å²) >= 11 is 0. The van der Waals surface area contributed by atoms with Crippen molar-refractivity contribution in [3.8, 4) is 0 Å². The van der Waals surface area contributed by atoms with Gasteiger partial charge >= 0.3 is 0 Å². The summed E-state index contributed by atoms with van der Waals surface area (Å²) in [7, 11) is 0. The molecule has 0 spiro atoms. The molecule has 3 rings (SSSR count). The highest BCUT2D eigenvalue weighted by atomic mass is 16.5. The number of ether oxygens (including phenoxy) is 1. The topological polar surface area (TPSA) is 41.2 Å². The first-order valence-corrected chi connectivity index (χ1v) is 7.07. The molecule has 100 valence electrons. The van der Waals surface area contributed by atoms with Crippen molar-refractivity contribution in [2.75, 3.05) is 19.7 Å². The lowest BCUT2D eigenvalue weighted by Gasteiger charge is -2.42. The van der Waals surface area contributed by atoms with E-state index in [1.54, 1.807) is 0 Å².